The summed E-state index contributed by atoms with van der Waals surface area (Å²) in [4.78, 5) is 2.33. The molecule has 0 atom stereocenters. The minimum absolute atomic E-state index is 0.122. The third kappa shape index (κ3) is 3.36. The largest absolute Gasteiger partial charge is 0.292 e. The van der Waals surface area contributed by atoms with E-state index < -0.39 is 0 Å². The molecule has 2 heteroatoms. The van der Waals surface area contributed by atoms with Gasteiger partial charge in [0.15, 0.2) is 0 Å². The minimum Gasteiger partial charge on any atom is -0.292 e. The molecule has 1 aromatic rings. The maximum absolute atomic E-state index is 9.06. The van der Waals surface area contributed by atoms with Crippen molar-refractivity contribution in [2.24, 2.45) is 5.41 Å². The molecule has 92 valence electrons. The molecule has 0 bridgehead atoms. The Kier molecular flexibility index (Phi) is 4.03. The molecule has 1 heterocycles. The summed E-state index contributed by atoms with van der Waals surface area (Å²) in [7, 11) is 0. The highest BCUT2D eigenvalue weighted by Crippen LogP contribution is 2.29. The maximum atomic E-state index is 9.06. The Morgan fingerprint density at radius 2 is 1.89 bits per heavy atom. The predicted octanol–water partition coefficient (Wildman–Crippen LogP) is 2.66. The van der Waals surface area contributed by atoms with E-state index in [1.165, 1.54) is 0 Å². The molecule has 1 aliphatic heterocycles. The van der Waals surface area contributed by atoms with Gasteiger partial charge in [0.25, 0.3) is 0 Å². The fourth-order valence-corrected chi connectivity index (χ4v) is 2.09. The van der Waals surface area contributed by atoms with Gasteiger partial charge in [-0.25, -0.2) is 0 Å². The summed E-state index contributed by atoms with van der Waals surface area (Å²) < 4.78 is 0. The Hall–Kier alpha value is -1.77. The Balaban J connectivity index is 1.83. The molecule has 2 rings (SSSR count). The minimum atomic E-state index is -0.122. The van der Waals surface area contributed by atoms with E-state index in [1.807, 2.05) is 30.3 Å². The molecule has 2 nitrogen and oxygen atoms in total. The van der Waals surface area contributed by atoms with Gasteiger partial charge in [0, 0.05) is 18.7 Å². The van der Waals surface area contributed by atoms with Gasteiger partial charge < -0.3 is 0 Å². The van der Waals surface area contributed by atoms with Crippen molar-refractivity contribution in [2.75, 3.05) is 19.6 Å². The molecule has 0 amide bonds. The van der Waals surface area contributed by atoms with Crippen molar-refractivity contribution in [2.45, 2.75) is 19.8 Å². The summed E-state index contributed by atoms with van der Waals surface area (Å²) in [5.74, 6) is 6.38. The van der Waals surface area contributed by atoms with E-state index in [9.17, 15) is 0 Å². The van der Waals surface area contributed by atoms with Gasteiger partial charge >= 0.3 is 0 Å². The van der Waals surface area contributed by atoms with Crippen LogP contribution in [-0.2, 0) is 0 Å². The molecule has 0 spiro atoms. The van der Waals surface area contributed by atoms with Crippen molar-refractivity contribution in [3.63, 3.8) is 0 Å². The smallest absolute Gasteiger partial charge is 0.0687 e. The number of benzene rings is 1. The number of rotatable bonds is 1. The molecule has 1 aliphatic rings. The lowest BCUT2D eigenvalue weighted by molar-refractivity contribution is 0.172. The monoisotopic (exact) mass is 238 g/mol. The van der Waals surface area contributed by atoms with Crippen molar-refractivity contribution in [3.05, 3.63) is 35.9 Å². The quantitative estimate of drug-likeness (QED) is 0.703. The van der Waals surface area contributed by atoms with Crippen LogP contribution in [0.1, 0.15) is 25.3 Å². The predicted molar refractivity (Wildman–Crippen MR) is 72.7 cm³/mol. The fourth-order valence-electron chi connectivity index (χ4n) is 2.09. The van der Waals surface area contributed by atoms with Crippen LogP contribution >= 0.6 is 0 Å². The normalized spacial score (nSPS) is 18.4. The van der Waals surface area contributed by atoms with Crippen molar-refractivity contribution >= 4 is 0 Å². The van der Waals surface area contributed by atoms with Crippen LogP contribution in [0.2, 0.25) is 0 Å². The first-order valence-electron chi connectivity index (χ1n) is 6.39. The Morgan fingerprint density at radius 3 is 2.50 bits per heavy atom. The number of hydrogen-bond donors (Lipinski definition) is 0. The molecular weight excluding hydrogens is 220 g/mol. The zero-order valence-electron chi connectivity index (χ0n) is 10.8. The summed E-state index contributed by atoms with van der Waals surface area (Å²) in [5, 5.41) is 9.06. The first kappa shape index (κ1) is 12.7. The average Bonchev–Trinajstić information content (AvgIpc) is 2.42. The zero-order valence-corrected chi connectivity index (χ0v) is 10.8. The van der Waals surface area contributed by atoms with E-state index in [0.717, 1.165) is 38.0 Å². The lowest BCUT2D eigenvalue weighted by atomic mass is 9.82. The van der Waals surface area contributed by atoms with Gasteiger partial charge in [-0.3, -0.25) is 4.90 Å². The van der Waals surface area contributed by atoms with Gasteiger partial charge in [-0.15, -0.1) is 0 Å². The zero-order chi connectivity index (χ0) is 12.8. The van der Waals surface area contributed by atoms with Gasteiger partial charge in [0.2, 0.25) is 0 Å². The molecule has 0 unspecified atom stereocenters. The second kappa shape index (κ2) is 5.71. The lowest BCUT2D eigenvalue weighted by Gasteiger charge is -2.33. The first-order valence-corrected chi connectivity index (χ1v) is 6.39. The molecule has 0 aliphatic carbocycles. The molecule has 0 radical (unpaired) electrons. The summed E-state index contributed by atoms with van der Waals surface area (Å²) >= 11 is 0. The second-order valence-corrected chi connectivity index (χ2v) is 5.12. The summed E-state index contributed by atoms with van der Waals surface area (Å²) in [6, 6.07) is 12.5. The number of piperidine rings is 1. The van der Waals surface area contributed by atoms with Crippen LogP contribution in [0.4, 0.5) is 0 Å². The van der Waals surface area contributed by atoms with Crippen LogP contribution in [0.3, 0.4) is 0 Å². The standard InChI is InChI=1S/C16H18N2/c1-16(14-17)9-12-18(13-10-16)11-5-8-15-6-3-2-4-7-15/h2-4,6-7H,9-13H2,1H3. The van der Waals surface area contributed by atoms with Gasteiger partial charge in [0.05, 0.1) is 18.0 Å². The number of nitriles is 1. The highest BCUT2D eigenvalue weighted by atomic mass is 15.1. The maximum Gasteiger partial charge on any atom is 0.0687 e. The van der Waals surface area contributed by atoms with Crippen LogP contribution in [0.25, 0.3) is 0 Å². The van der Waals surface area contributed by atoms with E-state index >= 15 is 0 Å². The van der Waals surface area contributed by atoms with Gasteiger partial charge in [-0.2, -0.15) is 5.26 Å². The average molecular weight is 238 g/mol. The van der Waals surface area contributed by atoms with E-state index in [4.69, 9.17) is 5.26 Å². The highest BCUT2D eigenvalue weighted by molar-refractivity contribution is 5.33. The Bertz CT molecular complexity index is 479. The van der Waals surface area contributed by atoms with Gasteiger partial charge in [0.1, 0.15) is 0 Å². The molecule has 0 aromatic heterocycles. The van der Waals surface area contributed by atoms with Crippen LogP contribution in [0, 0.1) is 28.6 Å². The molecule has 1 aromatic carbocycles. The molecule has 18 heavy (non-hydrogen) atoms. The summed E-state index contributed by atoms with van der Waals surface area (Å²) in [6.45, 7) is 4.82. The Morgan fingerprint density at radius 1 is 1.22 bits per heavy atom. The Labute approximate surface area is 109 Å². The van der Waals surface area contributed by atoms with E-state index in [2.05, 4.69) is 29.7 Å². The number of likely N-dealkylation sites (tertiary alicyclic amines) is 1. The topological polar surface area (TPSA) is 27.0 Å². The molecule has 0 N–H and O–H groups in total. The van der Waals surface area contributed by atoms with Crippen molar-refractivity contribution in [1.82, 2.24) is 4.90 Å². The van der Waals surface area contributed by atoms with Crippen LogP contribution in [-0.4, -0.2) is 24.5 Å². The van der Waals surface area contributed by atoms with E-state index in [-0.39, 0.29) is 5.41 Å². The first-order chi connectivity index (χ1) is 8.72. The number of nitrogens with zero attached hydrogens (tertiary/aromatic N) is 2. The molecular formula is C16H18N2. The second-order valence-electron chi connectivity index (χ2n) is 5.12. The van der Waals surface area contributed by atoms with Crippen LogP contribution in [0.15, 0.2) is 30.3 Å². The molecule has 0 saturated carbocycles. The fraction of sp³-hybridized carbons (Fsp3) is 0.438. The third-order valence-electron chi connectivity index (χ3n) is 3.54. The summed E-state index contributed by atoms with van der Waals surface area (Å²) in [6.07, 6.45) is 1.91. The third-order valence-corrected chi connectivity index (χ3v) is 3.54. The van der Waals surface area contributed by atoms with Crippen LogP contribution in [0.5, 0.6) is 0 Å². The SMILES string of the molecule is CC1(C#N)CCN(CC#Cc2ccccc2)CC1. The molecule has 1 saturated heterocycles. The van der Waals surface area contributed by atoms with Crippen molar-refractivity contribution in [1.29, 1.82) is 5.26 Å². The lowest BCUT2D eigenvalue weighted by Crippen LogP contribution is -2.38. The van der Waals surface area contributed by atoms with Crippen LogP contribution < -0.4 is 0 Å². The van der Waals surface area contributed by atoms with E-state index in [1.54, 1.807) is 0 Å². The summed E-state index contributed by atoms with van der Waals surface area (Å²) in [5.41, 5.74) is 0.944. The highest BCUT2D eigenvalue weighted by Gasteiger charge is 2.29. The van der Waals surface area contributed by atoms with Gasteiger partial charge in [-0.05, 0) is 31.9 Å². The van der Waals surface area contributed by atoms with Crippen molar-refractivity contribution < 1.29 is 0 Å². The number of hydrogen-bond acceptors (Lipinski definition) is 2. The molecule has 1 fully saturated rings. The van der Waals surface area contributed by atoms with Crippen molar-refractivity contribution in [3.8, 4) is 17.9 Å². The van der Waals surface area contributed by atoms with E-state index in [0.29, 0.717) is 0 Å². The van der Waals surface area contributed by atoms with Gasteiger partial charge in [-0.1, -0.05) is 30.0 Å².